The van der Waals surface area contributed by atoms with E-state index in [9.17, 15) is 13.6 Å². The average molecular weight is 533 g/mol. The highest BCUT2D eigenvalue weighted by molar-refractivity contribution is 6.07. The number of halogens is 3. The van der Waals surface area contributed by atoms with Gasteiger partial charge in [0.15, 0.2) is 6.54 Å². The summed E-state index contributed by atoms with van der Waals surface area (Å²) in [5, 5.41) is 3.94. The number of hydrogen-bond acceptors (Lipinski definition) is 6. The first-order valence-electron chi connectivity index (χ1n) is 12.4. The smallest absolute Gasteiger partial charge is 0.382 e. The van der Waals surface area contributed by atoms with E-state index in [1.807, 2.05) is 12.1 Å². The molecule has 1 unspecified atom stereocenters. The molecule has 0 fully saturated rings. The molecule has 5 aromatic rings. The number of ether oxygens (including phenoxy) is 1. The third kappa shape index (κ3) is 3.70. The van der Waals surface area contributed by atoms with Gasteiger partial charge in [-0.2, -0.15) is 18.5 Å². The zero-order chi connectivity index (χ0) is 26.8. The molecule has 7 rings (SSSR count). The number of aromatic nitrogens is 5. The van der Waals surface area contributed by atoms with Gasteiger partial charge in [0.05, 0.1) is 41.4 Å². The quantitative estimate of drug-likeness (QED) is 0.350. The zero-order valence-electron chi connectivity index (χ0n) is 20.4. The van der Waals surface area contributed by atoms with E-state index in [1.54, 1.807) is 27.6 Å². The number of alkyl halides is 2. The van der Waals surface area contributed by atoms with Crippen LogP contribution in [0, 0.1) is 5.82 Å². The van der Waals surface area contributed by atoms with Crippen LogP contribution in [0.2, 0.25) is 0 Å². The Morgan fingerprint density at radius 2 is 2.05 bits per heavy atom. The molecule has 0 aliphatic carbocycles. The molecule has 5 heterocycles. The van der Waals surface area contributed by atoms with Crippen LogP contribution in [0.3, 0.4) is 0 Å². The van der Waals surface area contributed by atoms with Gasteiger partial charge in [-0.1, -0.05) is 6.07 Å². The molecule has 12 heteroatoms. The number of amides is 1. The standard InChI is InChI=1S/C27H20F3N7O2/c28-18-10-20-21(36-13-32-11-22(36)25(31)33-20)9-17(18)26(38)35-6-1-2-23-24(35)16-4-3-14(8-15(16)12-39-23)19-5-7-37(34-19)27(29)30/h3-5,7-11,13,23,27H,1-2,6,12H2,(H-,31,33,38)/p+1. The highest BCUT2D eigenvalue weighted by atomic mass is 19.3. The Balaban J connectivity index is 1.34. The van der Waals surface area contributed by atoms with Crippen molar-refractivity contribution in [1.82, 2.24) is 24.1 Å². The molecule has 1 atom stereocenters. The van der Waals surface area contributed by atoms with Crippen LogP contribution in [0.15, 0.2) is 55.1 Å². The molecule has 2 aromatic carbocycles. The van der Waals surface area contributed by atoms with Crippen molar-refractivity contribution in [3.05, 3.63) is 77.6 Å². The summed E-state index contributed by atoms with van der Waals surface area (Å²) in [6.45, 7) is -2.04. The Morgan fingerprint density at radius 3 is 2.87 bits per heavy atom. The number of benzene rings is 2. The number of fused-ring (bicyclic) bond motifs is 6. The van der Waals surface area contributed by atoms with Crippen LogP contribution >= 0.6 is 0 Å². The van der Waals surface area contributed by atoms with Crippen LogP contribution in [0.5, 0.6) is 0 Å². The highest BCUT2D eigenvalue weighted by Gasteiger charge is 2.41. The van der Waals surface area contributed by atoms with E-state index in [0.29, 0.717) is 57.8 Å². The van der Waals surface area contributed by atoms with E-state index in [-0.39, 0.29) is 17.5 Å². The summed E-state index contributed by atoms with van der Waals surface area (Å²) in [5.41, 5.74) is 10.6. The molecule has 2 aliphatic rings. The van der Waals surface area contributed by atoms with Crippen LogP contribution in [0.4, 0.5) is 19.0 Å². The lowest BCUT2D eigenvalue weighted by Gasteiger charge is -2.28. The number of anilines is 1. The molecule has 0 saturated heterocycles. The molecule has 0 radical (unpaired) electrons. The van der Waals surface area contributed by atoms with Crippen molar-refractivity contribution < 1.29 is 27.3 Å². The predicted octanol–water partition coefficient (Wildman–Crippen LogP) is 4.20. The number of imidazole rings is 1. The summed E-state index contributed by atoms with van der Waals surface area (Å²) in [6.07, 6.45) is 5.41. The van der Waals surface area contributed by atoms with E-state index in [1.165, 1.54) is 24.4 Å². The summed E-state index contributed by atoms with van der Waals surface area (Å²) in [7, 11) is 0. The SMILES string of the molecule is Nc1nc2cc(F)c(C(=O)[N+]3=C4c5ccc(-c6ccn(C(F)F)n6)cc5COC4CCC3)cc2n2cncc12. The van der Waals surface area contributed by atoms with Gasteiger partial charge in [-0.3, -0.25) is 4.40 Å². The van der Waals surface area contributed by atoms with E-state index >= 15 is 4.39 Å². The number of nitrogens with two attached hydrogens (primary N) is 1. The number of carbonyl (C=O) groups excluding carboxylic acids is 1. The summed E-state index contributed by atoms with van der Waals surface area (Å²) < 4.78 is 51.3. The lowest BCUT2D eigenvalue weighted by Crippen LogP contribution is -2.44. The molecule has 196 valence electrons. The fourth-order valence-corrected chi connectivity index (χ4v) is 5.48. The topological polar surface area (TPSA) is 103 Å². The van der Waals surface area contributed by atoms with Gasteiger partial charge in [-0.25, -0.2) is 23.8 Å². The van der Waals surface area contributed by atoms with Gasteiger partial charge in [0.25, 0.3) is 0 Å². The summed E-state index contributed by atoms with van der Waals surface area (Å²) in [5.74, 6) is -0.983. The van der Waals surface area contributed by atoms with E-state index < -0.39 is 18.3 Å². The van der Waals surface area contributed by atoms with Crippen molar-refractivity contribution in [3.8, 4) is 11.3 Å². The van der Waals surface area contributed by atoms with Crippen molar-refractivity contribution in [2.24, 2.45) is 0 Å². The Labute approximate surface area is 219 Å². The highest BCUT2D eigenvalue weighted by Crippen LogP contribution is 2.31. The fraction of sp³-hybridized carbons (Fsp3) is 0.222. The number of nitrogens with zero attached hydrogens (tertiary/aromatic N) is 6. The van der Waals surface area contributed by atoms with Gasteiger partial charge < -0.3 is 10.5 Å². The Kier molecular flexibility index (Phi) is 5.27. The van der Waals surface area contributed by atoms with Gasteiger partial charge in [0.2, 0.25) is 5.71 Å². The molecule has 0 bridgehead atoms. The molecular formula is C27H21F3N7O2+. The number of nitrogen functional groups attached to an aromatic ring is 1. The van der Waals surface area contributed by atoms with Crippen LogP contribution in [-0.4, -0.2) is 53.0 Å². The fourth-order valence-electron chi connectivity index (χ4n) is 5.48. The van der Waals surface area contributed by atoms with Gasteiger partial charge in [-0.15, -0.1) is 0 Å². The lowest BCUT2D eigenvalue weighted by molar-refractivity contribution is -0.439. The number of carbonyl (C=O) groups is 1. The van der Waals surface area contributed by atoms with Crippen LogP contribution in [-0.2, 0) is 11.3 Å². The van der Waals surface area contributed by atoms with Crippen molar-refractivity contribution in [2.45, 2.75) is 32.1 Å². The lowest BCUT2D eigenvalue weighted by atomic mass is 9.90. The Hall–Kier alpha value is -4.58. The predicted molar refractivity (Wildman–Crippen MR) is 135 cm³/mol. The van der Waals surface area contributed by atoms with Crippen LogP contribution < -0.4 is 5.73 Å². The normalized spacial score (nSPS) is 17.2. The van der Waals surface area contributed by atoms with E-state index in [4.69, 9.17) is 10.5 Å². The Morgan fingerprint density at radius 1 is 1.18 bits per heavy atom. The summed E-state index contributed by atoms with van der Waals surface area (Å²) >= 11 is 0. The van der Waals surface area contributed by atoms with E-state index in [2.05, 4.69) is 15.1 Å². The largest absolute Gasteiger partial charge is 0.422 e. The second-order valence-electron chi connectivity index (χ2n) is 9.58. The van der Waals surface area contributed by atoms with Gasteiger partial charge in [0, 0.05) is 24.2 Å². The molecule has 2 N–H and O–H groups in total. The third-order valence-corrected chi connectivity index (χ3v) is 7.31. The maximum Gasteiger partial charge on any atom is 0.422 e. The maximum atomic E-state index is 15.3. The molecule has 0 spiro atoms. The minimum absolute atomic E-state index is 0.0986. The van der Waals surface area contributed by atoms with Gasteiger partial charge in [0.1, 0.15) is 28.8 Å². The monoisotopic (exact) mass is 532 g/mol. The first kappa shape index (κ1) is 23.5. The molecule has 3 aromatic heterocycles. The number of rotatable bonds is 3. The molecular weight excluding hydrogens is 511 g/mol. The third-order valence-electron chi connectivity index (χ3n) is 7.31. The van der Waals surface area contributed by atoms with Crippen molar-refractivity contribution in [2.75, 3.05) is 12.3 Å². The molecule has 39 heavy (non-hydrogen) atoms. The van der Waals surface area contributed by atoms with Crippen LogP contribution in [0.1, 0.15) is 40.9 Å². The maximum absolute atomic E-state index is 15.3. The molecule has 1 amide bonds. The summed E-state index contributed by atoms with van der Waals surface area (Å²) in [4.78, 5) is 22.3. The Bertz CT molecular complexity index is 1840. The molecule has 9 nitrogen and oxygen atoms in total. The second-order valence-corrected chi connectivity index (χ2v) is 9.58. The molecule has 0 saturated carbocycles. The summed E-state index contributed by atoms with van der Waals surface area (Å²) in [6, 6.07) is 9.67. The van der Waals surface area contributed by atoms with Crippen LogP contribution in [0.25, 0.3) is 27.8 Å². The minimum atomic E-state index is -2.73. The van der Waals surface area contributed by atoms with E-state index in [0.717, 1.165) is 17.5 Å². The first-order valence-corrected chi connectivity index (χ1v) is 12.4. The minimum Gasteiger partial charge on any atom is -0.382 e. The first-order chi connectivity index (χ1) is 18.9. The molecule has 2 aliphatic heterocycles. The number of hydrogen-bond donors (Lipinski definition) is 1. The van der Waals surface area contributed by atoms with Crippen molar-refractivity contribution in [1.29, 1.82) is 0 Å². The van der Waals surface area contributed by atoms with Gasteiger partial charge >= 0.3 is 12.5 Å². The van der Waals surface area contributed by atoms with Gasteiger partial charge in [-0.05, 0) is 36.2 Å². The van der Waals surface area contributed by atoms with Crippen molar-refractivity contribution in [3.63, 3.8) is 0 Å². The van der Waals surface area contributed by atoms with Crippen molar-refractivity contribution >= 4 is 34.0 Å². The average Bonchev–Trinajstić information content (AvgIpc) is 3.63. The second kappa shape index (κ2) is 8.73. The zero-order valence-corrected chi connectivity index (χ0v) is 20.4.